The number of aromatic nitrogens is 2. The number of carbonyl (C=O) groups is 1. The van der Waals surface area contributed by atoms with Crippen LogP contribution in [-0.2, 0) is 27.9 Å². The van der Waals surface area contributed by atoms with Gasteiger partial charge in [0.1, 0.15) is 21.8 Å². The predicted octanol–water partition coefficient (Wildman–Crippen LogP) is 3.19. The molecule has 1 unspecified atom stereocenters. The molecule has 0 radical (unpaired) electrons. The van der Waals surface area contributed by atoms with Crippen LogP contribution >= 0.6 is 0 Å². The normalized spacial score (nSPS) is 15.7. The highest BCUT2D eigenvalue weighted by Crippen LogP contribution is 2.33. The van der Waals surface area contributed by atoms with Gasteiger partial charge < -0.3 is 9.29 Å². The minimum Gasteiger partial charge on any atom is -0.591 e. The van der Waals surface area contributed by atoms with Crippen molar-refractivity contribution in [1.82, 2.24) is 9.78 Å². The molecule has 0 bridgehead atoms. The Hall–Kier alpha value is -1.55. The van der Waals surface area contributed by atoms with E-state index < -0.39 is 47.0 Å². The van der Waals surface area contributed by atoms with Gasteiger partial charge in [-0.05, 0) is 27.7 Å². The lowest BCUT2D eigenvalue weighted by Crippen LogP contribution is -2.31. The van der Waals surface area contributed by atoms with Gasteiger partial charge in [-0.2, -0.15) is 18.3 Å². The number of hydrogen-bond donors (Lipinski definition) is 0. The van der Waals surface area contributed by atoms with Crippen molar-refractivity contribution in [2.45, 2.75) is 51.5 Å². The second-order valence-electron chi connectivity index (χ2n) is 6.75. The van der Waals surface area contributed by atoms with E-state index in [1.165, 1.54) is 24.0 Å². The number of carbonyl (C=O) groups excluding carboxylic acids is 1. The van der Waals surface area contributed by atoms with E-state index in [-0.39, 0.29) is 12.3 Å². The first kappa shape index (κ1) is 22.5. The van der Waals surface area contributed by atoms with Crippen LogP contribution in [0.4, 0.5) is 13.2 Å². The molecule has 0 aliphatic carbocycles. The molecule has 1 aromatic heterocycles. The number of hydrogen-bond acceptors (Lipinski definition) is 5. The van der Waals surface area contributed by atoms with E-state index >= 15 is 0 Å². The molecule has 0 aliphatic heterocycles. The maximum Gasteiger partial charge on any atom is 0.392 e. The summed E-state index contributed by atoms with van der Waals surface area (Å²) in [6.45, 7) is 6.55. The first-order valence-electron chi connectivity index (χ1n) is 8.05. The Balaban J connectivity index is 3.19. The molecule has 0 saturated heterocycles. The zero-order valence-corrected chi connectivity index (χ0v) is 16.3. The number of nitrogens with zero attached hydrogens (tertiary/aromatic N) is 3. The molecule has 0 saturated carbocycles. The van der Waals surface area contributed by atoms with Gasteiger partial charge in [0.2, 0.25) is 0 Å². The third kappa shape index (κ3) is 6.99. The quantitative estimate of drug-likeness (QED) is 0.403. The number of ether oxygens (including phenoxy) is 1. The summed E-state index contributed by atoms with van der Waals surface area (Å²) in [7, 11) is 1.61. The average Bonchev–Trinajstić information content (AvgIpc) is 2.90. The maximum absolute atomic E-state index is 13.4. The number of aryl methyl sites for hydroxylation is 1. The SMILES string of the molecule is CCOC(=O)C[C@@H](CC(=N[S+]([O-])C(C)(C)C)c1cnn(C)c1)C(F)(F)F. The molecule has 2 atom stereocenters. The van der Waals surface area contributed by atoms with E-state index in [9.17, 15) is 22.5 Å². The summed E-state index contributed by atoms with van der Waals surface area (Å²) < 4.78 is 61.9. The minimum atomic E-state index is -4.63. The first-order chi connectivity index (χ1) is 11.8. The van der Waals surface area contributed by atoms with Gasteiger partial charge in [0, 0.05) is 25.2 Å². The summed E-state index contributed by atoms with van der Waals surface area (Å²) in [4.78, 5) is 11.6. The van der Waals surface area contributed by atoms with Gasteiger partial charge in [-0.25, -0.2) is 0 Å². The van der Waals surface area contributed by atoms with Crippen molar-refractivity contribution < 1.29 is 27.3 Å². The summed E-state index contributed by atoms with van der Waals surface area (Å²) in [5.74, 6) is -2.92. The topological polar surface area (TPSA) is 79.5 Å². The van der Waals surface area contributed by atoms with Crippen LogP contribution in [0.5, 0.6) is 0 Å². The zero-order chi connectivity index (χ0) is 20.1. The summed E-state index contributed by atoms with van der Waals surface area (Å²) in [5, 5.41) is 3.93. The standard InChI is InChI=1S/C16H24F3N3O3S/c1-6-25-14(23)8-12(16(17,18)19)7-13(11-9-20-22(5)10-11)21-26(24)15(2,3)4/h9-10,12H,6-8H2,1-5H3/t12-,26?/m1/s1. The fourth-order valence-electron chi connectivity index (χ4n) is 1.97. The van der Waals surface area contributed by atoms with Gasteiger partial charge in [-0.15, -0.1) is 0 Å². The highest BCUT2D eigenvalue weighted by molar-refractivity contribution is 7.91. The Bertz CT molecular complexity index is 639. The van der Waals surface area contributed by atoms with Crippen LogP contribution in [-0.4, -0.2) is 43.5 Å². The number of alkyl halides is 3. The van der Waals surface area contributed by atoms with Crippen LogP contribution in [0.2, 0.25) is 0 Å². The summed E-state index contributed by atoms with van der Waals surface area (Å²) in [6, 6.07) is 0. The van der Waals surface area contributed by atoms with Gasteiger partial charge in [-0.1, -0.05) is 4.40 Å². The van der Waals surface area contributed by atoms with Crippen LogP contribution in [0.25, 0.3) is 0 Å². The molecule has 1 heterocycles. The molecule has 0 aliphatic rings. The smallest absolute Gasteiger partial charge is 0.392 e. The number of esters is 1. The first-order valence-corrected chi connectivity index (χ1v) is 9.16. The molecule has 0 fully saturated rings. The van der Waals surface area contributed by atoms with Crippen LogP contribution < -0.4 is 0 Å². The van der Waals surface area contributed by atoms with Crippen molar-refractivity contribution in [3.8, 4) is 0 Å². The van der Waals surface area contributed by atoms with Gasteiger partial charge in [0.25, 0.3) is 0 Å². The third-order valence-electron chi connectivity index (χ3n) is 3.38. The molecular formula is C16H24F3N3O3S. The lowest BCUT2D eigenvalue weighted by atomic mass is 9.95. The Morgan fingerprint density at radius 2 is 2.00 bits per heavy atom. The van der Waals surface area contributed by atoms with E-state index in [0.717, 1.165) is 0 Å². The predicted molar refractivity (Wildman–Crippen MR) is 93.1 cm³/mol. The largest absolute Gasteiger partial charge is 0.591 e. The Labute approximate surface area is 154 Å². The van der Waals surface area contributed by atoms with Gasteiger partial charge in [0.15, 0.2) is 0 Å². The highest BCUT2D eigenvalue weighted by Gasteiger charge is 2.42. The second-order valence-corrected chi connectivity index (χ2v) is 8.66. The van der Waals surface area contributed by atoms with E-state index in [1.807, 2.05) is 0 Å². The van der Waals surface area contributed by atoms with Crippen LogP contribution in [0.1, 0.15) is 46.1 Å². The molecule has 6 nitrogen and oxygen atoms in total. The zero-order valence-electron chi connectivity index (χ0n) is 15.5. The Morgan fingerprint density at radius 3 is 2.42 bits per heavy atom. The van der Waals surface area contributed by atoms with Crippen LogP contribution in [0.3, 0.4) is 0 Å². The number of halogens is 3. The minimum absolute atomic E-state index is 0.000995. The van der Waals surface area contributed by atoms with Gasteiger partial charge >= 0.3 is 12.1 Å². The fraction of sp³-hybridized carbons (Fsp3) is 0.688. The van der Waals surface area contributed by atoms with Crippen molar-refractivity contribution in [2.75, 3.05) is 6.61 Å². The Kier molecular flexibility index (Phi) is 7.70. The van der Waals surface area contributed by atoms with Crippen molar-refractivity contribution >= 4 is 23.0 Å². The van der Waals surface area contributed by atoms with Crippen molar-refractivity contribution in [3.63, 3.8) is 0 Å². The molecule has 0 spiro atoms. The molecule has 0 aromatic carbocycles. The highest BCUT2D eigenvalue weighted by atomic mass is 32.2. The average molecular weight is 395 g/mol. The van der Waals surface area contributed by atoms with E-state index in [4.69, 9.17) is 0 Å². The van der Waals surface area contributed by atoms with Crippen molar-refractivity contribution in [2.24, 2.45) is 17.4 Å². The molecule has 148 valence electrons. The molecular weight excluding hydrogens is 371 g/mol. The van der Waals surface area contributed by atoms with Crippen molar-refractivity contribution in [1.29, 1.82) is 0 Å². The molecule has 0 amide bonds. The van der Waals surface area contributed by atoms with Crippen molar-refractivity contribution in [3.05, 3.63) is 18.0 Å². The fourth-order valence-corrected chi connectivity index (χ4v) is 2.63. The maximum atomic E-state index is 13.4. The number of rotatable bonds is 7. The molecule has 1 rings (SSSR count). The molecule has 0 N–H and O–H groups in total. The lowest BCUT2D eigenvalue weighted by Gasteiger charge is -2.22. The summed E-state index contributed by atoms with van der Waals surface area (Å²) in [5.41, 5.74) is 0.334. The molecule has 26 heavy (non-hydrogen) atoms. The van der Waals surface area contributed by atoms with E-state index in [0.29, 0.717) is 5.56 Å². The van der Waals surface area contributed by atoms with E-state index in [1.54, 1.807) is 27.8 Å². The second kappa shape index (κ2) is 8.90. The van der Waals surface area contributed by atoms with Gasteiger partial charge in [-0.3, -0.25) is 9.48 Å². The molecule has 1 aromatic rings. The summed E-state index contributed by atoms with van der Waals surface area (Å²) >= 11 is -1.75. The third-order valence-corrected chi connectivity index (χ3v) is 4.81. The summed E-state index contributed by atoms with van der Waals surface area (Å²) in [6.07, 6.45) is -3.18. The lowest BCUT2D eigenvalue weighted by molar-refractivity contribution is -0.182. The monoisotopic (exact) mass is 395 g/mol. The van der Waals surface area contributed by atoms with Crippen LogP contribution in [0.15, 0.2) is 16.8 Å². The Morgan fingerprint density at radius 1 is 1.38 bits per heavy atom. The van der Waals surface area contributed by atoms with Gasteiger partial charge in [0.05, 0.1) is 25.1 Å². The van der Waals surface area contributed by atoms with E-state index in [2.05, 4.69) is 14.2 Å². The van der Waals surface area contributed by atoms with Crippen LogP contribution in [0, 0.1) is 5.92 Å². The molecule has 10 heteroatoms.